The fourth-order valence-corrected chi connectivity index (χ4v) is 3.16. The summed E-state index contributed by atoms with van der Waals surface area (Å²) in [7, 11) is 0. The van der Waals surface area contributed by atoms with Gasteiger partial charge < -0.3 is 10.4 Å². The second-order valence-corrected chi connectivity index (χ2v) is 5.62. The zero-order chi connectivity index (χ0) is 11.7. The van der Waals surface area contributed by atoms with Gasteiger partial charge in [-0.15, -0.1) is 0 Å². The molecule has 0 unspecified atom stereocenters. The number of anilines is 1. The minimum absolute atomic E-state index is 0.459. The Labute approximate surface area is 103 Å². The summed E-state index contributed by atoms with van der Waals surface area (Å²) < 4.78 is 0. The molecular weight excluding hydrogens is 210 g/mol. The van der Waals surface area contributed by atoms with Crippen molar-refractivity contribution in [3.05, 3.63) is 29.3 Å². The van der Waals surface area contributed by atoms with Crippen LogP contribution in [0.3, 0.4) is 0 Å². The number of hydrogen-bond donors (Lipinski definition) is 2. The molecule has 0 amide bonds. The second-order valence-electron chi connectivity index (χ2n) is 5.62. The quantitative estimate of drug-likeness (QED) is 0.838. The molecule has 0 atom stereocenters. The zero-order valence-electron chi connectivity index (χ0n) is 10.3. The van der Waals surface area contributed by atoms with Gasteiger partial charge in [0.25, 0.3) is 0 Å². The highest BCUT2D eigenvalue weighted by molar-refractivity contribution is 5.50. The highest BCUT2D eigenvalue weighted by Crippen LogP contribution is 2.30. The van der Waals surface area contributed by atoms with Crippen LogP contribution in [0.5, 0.6) is 0 Å². The Hall–Kier alpha value is -1.02. The Bertz CT molecular complexity index is 407. The highest BCUT2D eigenvalue weighted by Gasteiger charge is 2.30. The van der Waals surface area contributed by atoms with Crippen molar-refractivity contribution in [2.75, 3.05) is 11.9 Å². The van der Waals surface area contributed by atoms with Crippen LogP contribution in [0.15, 0.2) is 18.2 Å². The van der Waals surface area contributed by atoms with Gasteiger partial charge in [-0.3, -0.25) is 0 Å². The molecule has 0 heterocycles. The molecule has 0 aromatic heterocycles. The van der Waals surface area contributed by atoms with Crippen molar-refractivity contribution in [1.82, 2.24) is 0 Å². The van der Waals surface area contributed by atoms with E-state index in [1.54, 1.807) is 0 Å². The van der Waals surface area contributed by atoms with Crippen LogP contribution < -0.4 is 5.32 Å². The Kier molecular flexibility index (Phi) is 2.83. The lowest BCUT2D eigenvalue weighted by atomic mass is 10.0. The predicted molar refractivity (Wildman–Crippen MR) is 70.4 cm³/mol. The van der Waals surface area contributed by atoms with E-state index in [0.29, 0.717) is 6.54 Å². The van der Waals surface area contributed by atoms with Crippen molar-refractivity contribution in [2.24, 2.45) is 0 Å². The molecule has 0 spiro atoms. The summed E-state index contributed by atoms with van der Waals surface area (Å²) in [6.45, 7) is 0.700. The van der Waals surface area contributed by atoms with Crippen LogP contribution in [0, 0.1) is 0 Å². The molecule has 2 aliphatic carbocycles. The van der Waals surface area contributed by atoms with E-state index >= 15 is 0 Å². The number of rotatable bonds is 3. The highest BCUT2D eigenvalue weighted by atomic mass is 16.3. The number of aliphatic hydroxyl groups is 1. The molecule has 1 aromatic carbocycles. The Morgan fingerprint density at radius 1 is 1.06 bits per heavy atom. The van der Waals surface area contributed by atoms with Gasteiger partial charge in [-0.2, -0.15) is 0 Å². The van der Waals surface area contributed by atoms with E-state index in [-0.39, 0.29) is 0 Å². The summed E-state index contributed by atoms with van der Waals surface area (Å²) in [5.74, 6) is 0. The van der Waals surface area contributed by atoms with Crippen LogP contribution in [0.4, 0.5) is 5.69 Å². The molecular formula is C15H21NO. The van der Waals surface area contributed by atoms with Gasteiger partial charge in [0.1, 0.15) is 0 Å². The second kappa shape index (κ2) is 4.34. The summed E-state index contributed by atoms with van der Waals surface area (Å²) in [5.41, 5.74) is 3.72. The van der Waals surface area contributed by atoms with Gasteiger partial charge in [-0.05, 0) is 55.4 Å². The lowest BCUT2D eigenvalue weighted by Crippen LogP contribution is -2.33. The van der Waals surface area contributed by atoms with Crippen molar-refractivity contribution in [2.45, 2.75) is 50.5 Å². The molecule has 0 aliphatic heterocycles. The summed E-state index contributed by atoms with van der Waals surface area (Å²) in [6.07, 6.45) is 7.98. The van der Waals surface area contributed by atoms with Crippen molar-refractivity contribution >= 4 is 5.69 Å². The van der Waals surface area contributed by atoms with Crippen molar-refractivity contribution in [3.8, 4) is 0 Å². The minimum Gasteiger partial charge on any atom is -0.388 e. The maximum absolute atomic E-state index is 10.3. The van der Waals surface area contributed by atoms with E-state index in [9.17, 15) is 5.11 Å². The molecule has 2 nitrogen and oxygen atoms in total. The predicted octanol–water partition coefficient (Wildman–Crippen LogP) is 2.89. The maximum Gasteiger partial charge on any atom is 0.0819 e. The maximum atomic E-state index is 10.3. The van der Waals surface area contributed by atoms with E-state index in [2.05, 4.69) is 23.5 Å². The Morgan fingerprint density at radius 2 is 1.82 bits per heavy atom. The standard InChI is InChI=1S/C15H21NO/c17-15(8-1-2-9-15)11-16-14-7-6-12-4-3-5-13(12)10-14/h6-7,10,16-17H,1-5,8-9,11H2. The van der Waals surface area contributed by atoms with Gasteiger partial charge in [0, 0.05) is 12.2 Å². The fraction of sp³-hybridized carbons (Fsp3) is 0.600. The smallest absolute Gasteiger partial charge is 0.0819 e. The van der Waals surface area contributed by atoms with Gasteiger partial charge in [-0.25, -0.2) is 0 Å². The number of fused-ring (bicyclic) bond motifs is 1. The topological polar surface area (TPSA) is 32.3 Å². The molecule has 1 saturated carbocycles. The minimum atomic E-state index is -0.459. The average molecular weight is 231 g/mol. The summed E-state index contributed by atoms with van der Waals surface area (Å²) in [6, 6.07) is 6.66. The van der Waals surface area contributed by atoms with Crippen LogP contribution in [-0.2, 0) is 12.8 Å². The molecule has 1 aromatic rings. The van der Waals surface area contributed by atoms with Crippen LogP contribution in [0.25, 0.3) is 0 Å². The normalized spacial score (nSPS) is 21.5. The van der Waals surface area contributed by atoms with E-state index in [1.807, 2.05) is 0 Å². The lowest BCUT2D eigenvalue weighted by molar-refractivity contribution is 0.0615. The molecule has 0 saturated heterocycles. The number of nitrogens with one attached hydrogen (secondary N) is 1. The monoisotopic (exact) mass is 231 g/mol. The van der Waals surface area contributed by atoms with E-state index < -0.39 is 5.60 Å². The van der Waals surface area contributed by atoms with Crippen LogP contribution in [-0.4, -0.2) is 17.3 Å². The van der Waals surface area contributed by atoms with Crippen molar-refractivity contribution < 1.29 is 5.11 Å². The first-order chi connectivity index (χ1) is 8.25. The first-order valence-corrected chi connectivity index (χ1v) is 6.83. The van der Waals surface area contributed by atoms with Gasteiger partial charge in [-0.1, -0.05) is 18.9 Å². The third-order valence-corrected chi connectivity index (χ3v) is 4.25. The SMILES string of the molecule is OC1(CNc2ccc3c(c2)CCC3)CCCC1. The molecule has 0 bridgehead atoms. The number of aryl methyl sites for hydroxylation is 2. The number of benzene rings is 1. The first-order valence-electron chi connectivity index (χ1n) is 6.83. The van der Waals surface area contributed by atoms with Gasteiger partial charge in [0.05, 0.1) is 5.60 Å². The lowest BCUT2D eigenvalue weighted by Gasteiger charge is -2.23. The Balaban J connectivity index is 1.65. The largest absolute Gasteiger partial charge is 0.388 e. The van der Waals surface area contributed by atoms with Crippen LogP contribution in [0.1, 0.15) is 43.2 Å². The molecule has 92 valence electrons. The summed E-state index contributed by atoms with van der Waals surface area (Å²) in [4.78, 5) is 0. The zero-order valence-corrected chi connectivity index (χ0v) is 10.3. The average Bonchev–Trinajstić information content (AvgIpc) is 2.95. The fourth-order valence-electron chi connectivity index (χ4n) is 3.16. The molecule has 17 heavy (non-hydrogen) atoms. The molecule has 2 heteroatoms. The first kappa shape index (κ1) is 11.1. The van der Waals surface area contributed by atoms with E-state index in [0.717, 1.165) is 12.8 Å². The van der Waals surface area contributed by atoms with E-state index in [4.69, 9.17) is 0 Å². The molecule has 1 fully saturated rings. The Morgan fingerprint density at radius 3 is 2.65 bits per heavy atom. The third-order valence-electron chi connectivity index (χ3n) is 4.25. The third kappa shape index (κ3) is 2.32. The molecule has 2 N–H and O–H groups in total. The van der Waals surface area contributed by atoms with E-state index in [1.165, 1.54) is 48.9 Å². The van der Waals surface area contributed by atoms with Crippen molar-refractivity contribution in [3.63, 3.8) is 0 Å². The molecule has 0 radical (unpaired) electrons. The summed E-state index contributed by atoms with van der Waals surface area (Å²) >= 11 is 0. The van der Waals surface area contributed by atoms with Gasteiger partial charge >= 0.3 is 0 Å². The van der Waals surface area contributed by atoms with Gasteiger partial charge in [0.2, 0.25) is 0 Å². The van der Waals surface area contributed by atoms with Crippen LogP contribution >= 0.6 is 0 Å². The van der Waals surface area contributed by atoms with Crippen molar-refractivity contribution in [1.29, 1.82) is 0 Å². The number of hydrogen-bond acceptors (Lipinski definition) is 2. The molecule has 2 aliphatic rings. The summed E-state index contributed by atoms with van der Waals surface area (Å²) in [5, 5.41) is 13.7. The van der Waals surface area contributed by atoms with Crippen LogP contribution in [0.2, 0.25) is 0 Å². The molecule has 3 rings (SSSR count). The van der Waals surface area contributed by atoms with Gasteiger partial charge in [0.15, 0.2) is 0 Å².